The van der Waals surface area contributed by atoms with Crippen molar-refractivity contribution < 1.29 is 19.2 Å². The summed E-state index contributed by atoms with van der Waals surface area (Å²) < 4.78 is 4.75. The Balaban J connectivity index is 2.49. The number of ether oxygens (including phenoxy) is 1. The lowest BCUT2D eigenvalue weighted by molar-refractivity contribution is -0.384. The Kier molecular flexibility index (Phi) is 6.61. The summed E-state index contributed by atoms with van der Waals surface area (Å²) in [5.74, 6) is -0.765. The minimum Gasteiger partial charge on any atom is -0.466 e. The smallest absolute Gasteiger partial charge is 0.305 e. The van der Waals surface area contributed by atoms with E-state index in [0.29, 0.717) is 13.0 Å². The Morgan fingerprint density at radius 1 is 1.43 bits per heavy atom. The Hall–Kier alpha value is -2.15. The van der Waals surface area contributed by atoms with Crippen LogP contribution in [0.4, 0.5) is 5.69 Å². The van der Waals surface area contributed by atoms with Crippen LogP contribution >= 0.6 is 11.6 Å². The van der Waals surface area contributed by atoms with Crippen LogP contribution in [-0.4, -0.2) is 30.0 Å². The topological polar surface area (TPSA) is 98.5 Å². The summed E-state index contributed by atoms with van der Waals surface area (Å²) in [5.41, 5.74) is -0.0303. The molecule has 8 heteroatoms. The maximum absolute atomic E-state index is 11.8. The minimum absolute atomic E-state index is 0.00657. The molecule has 0 fully saturated rings. The van der Waals surface area contributed by atoms with Crippen LogP contribution in [0.5, 0.6) is 0 Å². The normalized spacial score (nSPS) is 10.0. The second kappa shape index (κ2) is 8.21. The van der Waals surface area contributed by atoms with Crippen molar-refractivity contribution >= 4 is 29.2 Å². The lowest BCUT2D eigenvalue weighted by Crippen LogP contribution is -2.25. The van der Waals surface area contributed by atoms with Crippen LogP contribution in [0.15, 0.2) is 18.2 Å². The third kappa shape index (κ3) is 5.39. The van der Waals surface area contributed by atoms with E-state index >= 15 is 0 Å². The second-order valence-corrected chi connectivity index (χ2v) is 4.49. The van der Waals surface area contributed by atoms with Gasteiger partial charge in [-0.15, -0.1) is 0 Å². The Labute approximate surface area is 126 Å². The number of esters is 1. The van der Waals surface area contributed by atoms with Gasteiger partial charge in [-0.05, 0) is 19.4 Å². The predicted molar refractivity (Wildman–Crippen MR) is 76.3 cm³/mol. The standard InChI is InChI=1S/C13H15ClN2O5/c1-2-21-12(17)4-3-7-15-13(18)10-6-5-9(16(19)20)8-11(10)14/h5-6,8H,2-4,7H2,1H3,(H,15,18). The fraction of sp³-hybridized carbons (Fsp3) is 0.385. The zero-order chi connectivity index (χ0) is 15.8. The fourth-order valence-electron chi connectivity index (χ4n) is 1.56. The van der Waals surface area contributed by atoms with Gasteiger partial charge in [0.1, 0.15) is 0 Å². The summed E-state index contributed by atoms with van der Waals surface area (Å²) in [6, 6.07) is 3.62. The molecule has 0 atom stereocenters. The van der Waals surface area contributed by atoms with Crippen molar-refractivity contribution in [2.75, 3.05) is 13.2 Å². The summed E-state index contributed by atoms with van der Waals surface area (Å²) in [7, 11) is 0. The first kappa shape index (κ1) is 16.9. The highest BCUT2D eigenvalue weighted by Gasteiger charge is 2.14. The molecule has 0 heterocycles. The van der Waals surface area contributed by atoms with E-state index in [-0.39, 0.29) is 35.2 Å². The van der Waals surface area contributed by atoms with Gasteiger partial charge < -0.3 is 10.1 Å². The van der Waals surface area contributed by atoms with Crippen molar-refractivity contribution in [3.8, 4) is 0 Å². The molecule has 114 valence electrons. The molecule has 0 aliphatic carbocycles. The molecule has 0 spiro atoms. The van der Waals surface area contributed by atoms with Crippen LogP contribution in [0.2, 0.25) is 5.02 Å². The van der Waals surface area contributed by atoms with Crippen molar-refractivity contribution in [2.24, 2.45) is 0 Å². The number of carbonyl (C=O) groups excluding carboxylic acids is 2. The molecule has 0 aliphatic heterocycles. The van der Waals surface area contributed by atoms with E-state index in [1.165, 1.54) is 12.1 Å². The molecule has 1 rings (SSSR count). The highest BCUT2D eigenvalue weighted by Crippen LogP contribution is 2.22. The van der Waals surface area contributed by atoms with Crippen molar-refractivity contribution in [3.05, 3.63) is 38.9 Å². The van der Waals surface area contributed by atoms with Crippen molar-refractivity contribution in [1.29, 1.82) is 0 Å². The van der Waals surface area contributed by atoms with Crippen LogP contribution in [0.3, 0.4) is 0 Å². The summed E-state index contributed by atoms with van der Waals surface area (Å²) in [6.07, 6.45) is 0.650. The van der Waals surface area contributed by atoms with E-state index in [1.807, 2.05) is 0 Å². The van der Waals surface area contributed by atoms with Crippen molar-refractivity contribution in [1.82, 2.24) is 5.32 Å². The number of benzene rings is 1. The molecule has 0 radical (unpaired) electrons. The van der Waals surface area contributed by atoms with Crippen LogP contribution in [0.25, 0.3) is 0 Å². The summed E-state index contributed by atoms with van der Waals surface area (Å²) in [4.78, 5) is 32.9. The molecule has 1 aromatic rings. The zero-order valence-electron chi connectivity index (χ0n) is 11.4. The molecule has 0 aromatic heterocycles. The number of nitrogens with zero attached hydrogens (tertiary/aromatic N) is 1. The summed E-state index contributed by atoms with van der Waals surface area (Å²) in [6.45, 7) is 2.32. The van der Waals surface area contributed by atoms with Crippen LogP contribution < -0.4 is 5.32 Å². The van der Waals surface area contributed by atoms with Gasteiger partial charge in [-0.3, -0.25) is 19.7 Å². The Morgan fingerprint density at radius 2 is 2.14 bits per heavy atom. The second-order valence-electron chi connectivity index (χ2n) is 4.09. The number of halogens is 1. The van der Waals surface area contributed by atoms with E-state index in [1.54, 1.807) is 6.92 Å². The molecule has 0 saturated carbocycles. The largest absolute Gasteiger partial charge is 0.466 e. The monoisotopic (exact) mass is 314 g/mol. The number of hydrogen-bond donors (Lipinski definition) is 1. The zero-order valence-corrected chi connectivity index (χ0v) is 12.2. The molecule has 1 N–H and O–H groups in total. The Bertz CT molecular complexity index is 547. The SMILES string of the molecule is CCOC(=O)CCCNC(=O)c1ccc([N+](=O)[O-])cc1Cl. The van der Waals surface area contributed by atoms with Gasteiger partial charge in [-0.25, -0.2) is 0 Å². The van der Waals surface area contributed by atoms with Gasteiger partial charge in [0.15, 0.2) is 0 Å². The van der Waals surface area contributed by atoms with E-state index in [4.69, 9.17) is 16.3 Å². The molecular formula is C13H15ClN2O5. The van der Waals surface area contributed by atoms with Crippen LogP contribution in [0.1, 0.15) is 30.1 Å². The van der Waals surface area contributed by atoms with Gasteiger partial charge in [-0.2, -0.15) is 0 Å². The quantitative estimate of drug-likeness (QED) is 0.360. The number of non-ortho nitro benzene ring substituents is 1. The third-order valence-corrected chi connectivity index (χ3v) is 2.87. The number of amides is 1. The minimum atomic E-state index is -0.590. The summed E-state index contributed by atoms with van der Waals surface area (Å²) >= 11 is 5.83. The average Bonchev–Trinajstić information content (AvgIpc) is 2.43. The first-order valence-electron chi connectivity index (χ1n) is 6.33. The number of rotatable bonds is 7. The highest BCUT2D eigenvalue weighted by molar-refractivity contribution is 6.34. The van der Waals surface area contributed by atoms with E-state index in [0.717, 1.165) is 6.07 Å². The van der Waals surface area contributed by atoms with Gasteiger partial charge in [-0.1, -0.05) is 11.6 Å². The maximum Gasteiger partial charge on any atom is 0.305 e. The van der Waals surface area contributed by atoms with Gasteiger partial charge in [0.05, 0.1) is 22.1 Å². The number of carbonyl (C=O) groups is 2. The van der Waals surface area contributed by atoms with Crippen molar-refractivity contribution in [2.45, 2.75) is 19.8 Å². The highest BCUT2D eigenvalue weighted by atomic mass is 35.5. The van der Waals surface area contributed by atoms with Crippen molar-refractivity contribution in [3.63, 3.8) is 0 Å². The summed E-state index contributed by atoms with van der Waals surface area (Å²) in [5, 5.41) is 13.2. The molecular weight excluding hydrogens is 300 g/mol. The molecule has 0 aliphatic rings. The van der Waals surface area contributed by atoms with Crippen LogP contribution in [0, 0.1) is 10.1 Å². The predicted octanol–water partition coefficient (Wildman–Crippen LogP) is 2.32. The van der Waals surface area contributed by atoms with E-state index in [2.05, 4.69) is 5.32 Å². The molecule has 1 aromatic carbocycles. The molecule has 1 amide bonds. The van der Waals surface area contributed by atoms with Gasteiger partial charge in [0, 0.05) is 25.1 Å². The van der Waals surface area contributed by atoms with Gasteiger partial charge in [0.2, 0.25) is 0 Å². The molecule has 7 nitrogen and oxygen atoms in total. The third-order valence-electron chi connectivity index (χ3n) is 2.56. The van der Waals surface area contributed by atoms with Gasteiger partial charge in [0.25, 0.3) is 11.6 Å². The molecule has 0 saturated heterocycles. The Morgan fingerprint density at radius 3 is 2.71 bits per heavy atom. The average molecular weight is 315 g/mol. The number of nitrogens with one attached hydrogen (secondary N) is 1. The van der Waals surface area contributed by atoms with E-state index < -0.39 is 10.8 Å². The first-order chi connectivity index (χ1) is 9.95. The molecule has 0 unspecified atom stereocenters. The first-order valence-corrected chi connectivity index (χ1v) is 6.71. The van der Waals surface area contributed by atoms with E-state index in [9.17, 15) is 19.7 Å². The fourth-order valence-corrected chi connectivity index (χ4v) is 1.83. The van der Waals surface area contributed by atoms with Gasteiger partial charge >= 0.3 is 5.97 Å². The number of nitro groups is 1. The maximum atomic E-state index is 11.8. The number of hydrogen-bond acceptors (Lipinski definition) is 5. The van der Waals surface area contributed by atoms with Crippen LogP contribution in [-0.2, 0) is 9.53 Å². The lowest BCUT2D eigenvalue weighted by atomic mass is 10.2. The number of nitro benzene ring substituents is 1. The molecule has 0 bridgehead atoms. The lowest BCUT2D eigenvalue weighted by Gasteiger charge is -2.06. The molecule has 21 heavy (non-hydrogen) atoms.